The SMILES string of the molecule is [2H]CCC1(O)O[C@H](CO)[C@@H](O)[C@H](O)[C@H]1O. The topological polar surface area (TPSA) is 110 Å². The van der Waals surface area contributed by atoms with Crippen molar-refractivity contribution in [1.82, 2.24) is 0 Å². The van der Waals surface area contributed by atoms with Crippen molar-refractivity contribution in [3.05, 3.63) is 0 Å². The van der Waals surface area contributed by atoms with E-state index in [0.29, 0.717) is 0 Å². The van der Waals surface area contributed by atoms with E-state index in [1.807, 2.05) is 0 Å². The van der Waals surface area contributed by atoms with Crippen LogP contribution in [0, 0.1) is 0 Å². The molecular weight excluding hydrogens is 192 g/mol. The van der Waals surface area contributed by atoms with Crippen molar-refractivity contribution < 1.29 is 31.6 Å². The molecule has 0 spiro atoms. The zero-order valence-corrected chi connectivity index (χ0v) is 7.58. The van der Waals surface area contributed by atoms with Gasteiger partial charge in [-0.3, -0.25) is 0 Å². The van der Waals surface area contributed by atoms with Crippen LogP contribution in [-0.2, 0) is 4.74 Å². The van der Waals surface area contributed by atoms with E-state index in [-0.39, 0.29) is 13.3 Å². The number of ether oxygens (including phenoxy) is 1. The van der Waals surface area contributed by atoms with Crippen molar-refractivity contribution in [3.8, 4) is 0 Å². The third-order valence-electron chi connectivity index (χ3n) is 2.41. The van der Waals surface area contributed by atoms with Gasteiger partial charge in [0.1, 0.15) is 24.4 Å². The van der Waals surface area contributed by atoms with Crippen molar-refractivity contribution in [2.24, 2.45) is 0 Å². The smallest absolute Gasteiger partial charge is 0.194 e. The maximum atomic E-state index is 9.76. The molecule has 1 aliphatic heterocycles. The molecule has 1 rings (SSSR count). The van der Waals surface area contributed by atoms with Crippen LogP contribution in [0.5, 0.6) is 0 Å². The fourth-order valence-corrected chi connectivity index (χ4v) is 1.43. The van der Waals surface area contributed by atoms with E-state index < -0.39 is 36.8 Å². The van der Waals surface area contributed by atoms with Gasteiger partial charge in [-0.2, -0.15) is 0 Å². The van der Waals surface area contributed by atoms with Crippen LogP contribution in [-0.4, -0.2) is 62.3 Å². The van der Waals surface area contributed by atoms with Gasteiger partial charge in [-0.1, -0.05) is 6.90 Å². The van der Waals surface area contributed by atoms with Gasteiger partial charge in [0.15, 0.2) is 5.79 Å². The minimum absolute atomic E-state index is 0.214. The Labute approximate surface area is 82.8 Å². The Morgan fingerprint density at radius 2 is 2.00 bits per heavy atom. The molecule has 14 heavy (non-hydrogen) atoms. The van der Waals surface area contributed by atoms with Crippen LogP contribution in [0.25, 0.3) is 0 Å². The van der Waals surface area contributed by atoms with Crippen LogP contribution in [0.1, 0.15) is 14.7 Å². The number of hydrogen-bond donors (Lipinski definition) is 5. The highest BCUT2D eigenvalue weighted by atomic mass is 16.7. The summed E-state index contributed by atoms with van der Waals surface area (Å²) in [6.07, 6.45) is -6.14. The summed E-state index contributed by atoms with van der Waals surface area (Å²) in [6.45, 7) is -0.806. The van der Waals surface area contributed by atoms with E-state index in [1.54, 1.807) is 0 Å². The molecule has 5 N–H and O–H groups in total. The summed E-state index contributed by atoms with van der Waals surface area (Å²) < 4.78 is 11.8. The Kier molecular flexibility index (Phi) is 3.01. The first kappa shape index (κ1) is 10.3. The summed E-state index contributed by atoms with van der Waals surface area (Å²) in [5.41, 5.74) is 0. The molecule has 0 aliphatic carbocycles. The molecule has 0 saturated carbocycles. The van der Waals surface area contributed by atoms with Crippen LogP contribution >= 0.6 is 0 Å². The fourth-order valence-electron chi connectivity index (χ4n) is 1.43. The van der Waals surface area contributed by atoms with E-state index in [4.69, 9.17) is 11.2 Å². The molecule has 1 heterocycles. The maximum Gasteiger partial charge on any atom is 0.194 e. The van der Waals surface area contributed by atoms with E-state index in [2.05, 4.69) is 0 Å². The predicted molar refractivity (Wildman–Crippen MR) is 45.2 cm³/mol. The first-order valence-corrected chi connectivity index (χ1v) is 4.30. The Bertz CT molecular complexity index is 213. The molecule has 0 aromatic carbocycles. The molecule has 5 atom stereocenters. The largest absolute Gasteiger partial charge is 0.394 e. The summed E-state index contributed by atoms with van der Waals surface area (Å²) in [6, 6.07) is 0. The van der Waals surface area contributed by atoms with Gasteiger partial charge in [-0.15, -0.1) is 0 Å². The lowest BCUT2D eigenvalue weighted by atomic mass is 9.91. The Balaban J connectivity index is 2.82. The second kappa shape index (κ2) is 4.09. The third kappa shape index (κ3) is 1.77. The molecule has 1 unspecified atom stereocenters. The van der Waals surface area contributed by atoms with Gasteiger partial charge in [0.2, 0.25) is 0 Å². The van der Waals surface area contributed by atoms with Crippen LogP contribution in [0.3, 0.4) is 0 Å². The zero-order chi connectivity index (χ0) is 11.6. The highest BCUT2D eigenvalue weighted by Crippen LogP contribution is 2.30. The van der Waals surface area contributed by atoms with Gasteiger partial charge < -0.3 is 30.3 Å². The van der Waals surface area contributed by atoms with E-state index in [1.165, 1.54) is 0 Å². The van der Waals surface area contributed by atoms with E-state index >= 15 is 0 Å². The Morgan fingerprint density at radius 3 is 2.50 bits per heavy atom. The number of hydrogen-bond acceptors (Lipinski definition) is 6. The summed E-state index contributed by atoms with van der Waals surface area (Å²) in [5.74, 6) is -2.09. The summed E-state index contributed by atoms with van der Waals surface area (Å²) >= 11 is 0. The molecule has 0 aromatic rings. The molecule has 1 aliphatic rings. The maximum absolute atomic E-state index is 9.76. The van der Waals surface area contributed by atoms with Crippen molar-refractivity contribution in [2.45, 2.75) is 43.5 Å². The van der Waals surface area contributed by atoms with Crippen LogP contribution in [0.2, 0.25) is 0 Å². The summed E-state index contributed by atoms with van der Waals surface area (Å²) in [7, 11) is 0. The molecule has 6 heteroatoms. The van der Waals surface area contributed by atoms with Gasteiger partial charge in [0.25, 0.3) is 0 Å². The van der Waals surface area contributed by atoms with Crippen LogP contribution in [0.4, 0.5) is 0 Å². The average Bonchev–Trinajstić information content (AvgIpc) is 2.21. The van der Waals surface area contributed by atoms with Gasteiger partial charge >= 0.3 is 0 Å². The fraction of sp³-hybridized carbons (Fsp3) is 1.00. The number of aliphatic hydroxyl groups is 5. The van der Waals surface area contributed by atoms with E-state index in [9.17, 15) is 20.4 Å². The highest BCUT2D eigenvalue weighted by molar-refractivity contribution is 4.95. The van der Waals surface area contributed by atoms with Gasteiger partial charge in [-0.05, 0) is 0 Å². The lowest BCUT2D eigenvalue weighted by Gasteiger charge is -2.45. The molecule has 84 valence electrons. The third-order valence-corrected chi connectivity index (χ3v) is 2.41. The average molecular weight is 209 g/mol. The zero-order valence-electron chi connectivity index (χ0n) is 8.58. The monoisotopic (exact) mass is 209 g/mol. The highest BCUT2D eigenvalue weighted by Gasteiger charge is 2.51. The minimum Gasteiger partial charge on any atom is -0.394 e. The second-order valence-electron chi connectivity index (χ2n) is 3.36. The quantitative estimate of drug-likeness (QED) is 0.345. The second-order valence-corrected chi connectivity index (χ2v) is 3.36. The Morgan fingerprint density at radius 1 is 1.36 bits per heavy atom. The van der Waals surface area contributed by atoms with Gasteiger partial charge in [-0.25, -0.2) is 0 Å². The minimum atomic E-state index is -2.09. The molecule has 0 bridgehead atoms. The van der Waals surface area contributed by atoms with Crippen molar-refractivity contribution in [3.63, 3.8) is 0 Å². The Hall–Kier alpha value is -0.240. The molecule has 6 nitrogen and oxygen atoms in total. The number of rotatable bonds is 2. The molecular formula is C8H16O6. The molecule has 0 amide bonds. The van der Waals surface area contributed by atoms with Gasteiger partial charge in [0, 0.05) is 7.79 Å². The van der Waals surface area contributed by atoms with Crippen molar-refractivity contribution >= 4 is 0 Å². The van der Waals surface area contributed by atoms with Crippen LogP contribution < -0.4 is 0 Å². The standard InChI is InChI=1S/C8H16O6/c1-2-8(13)7(12)6(11)5(10)4(3-9)14-8/h4-7,9-13H,2-3H2,1H3/t4-,5-,6+,7-,8?/m1/s1/i1D. The summed E-state index contributed by atoms with van der Waals surface area (Å²) in [4.78, 5) is 0. The molecule has 1 saturated heterocycles. The molecule has 0 aromatic heterocycles. The lowest BCUT2D eigenvalue weighted by Crippen LogP contribution is -2.64. The summed E-state index contributed by atoms with van der Waals surface area (Å²) in [5, 5.41) is 46.8. The van der Waals surface area contributed by atoms with Gasteiger partial charge in [0.05, 0.1) is 6.61 Å². The van der Waals surface area contributed by atoms with E-state index in [0.717, 1.165) is 0 Å². The molecule has 1 fully saturated rings. The number of aliphatic hydroxyl groups excluding tert-OH is 4. The lowest BCUT2D eigenvalue weighted by molar-refractivity contribution is -0.349. The first-order valence-electron chi connectivity index (χ1n) is 5.01. The van der Waals surface area contributed by atoms with Crippen molar-refractivity contribution in [2.75, 3.05) is 6.61 Å². The predicted octanol–water partition coefficient (Wildman–Crippen LogP) is -2.44. The first-order chi connectivity index (χ1) is 6.96. The van der Waals surface area contributed by atoms with Crippen LogP contribution in [0.15, 0.2) is 0 Å². The molecule has 0 radical (unpaired) electrons. The normalized spacial score (nSPS) is 50.2. The van der Waals surface area contributed by atoms with Crippen molar-refractivity contribution in [1.29, 1.82) is 0 Å².